The van der Waals surface area contributed by atoms with E-state index < -0.39 is 11.7 Å². The predicted molar refractivity (Wildman–Crippen MR) is 101 cm³/mol. The summed E-state index contributed by atoms with van der Waals surface area (Å²) in [6.07, 6.45) is 0.252. The van der Waals surface area contributed by atoms with Gasteiger partial charge < -0.3 is 14.7 Å². The lowest BCUT2D eigenvalue weighted by molar-refractivity contribution is -0.128. The lowest BCUT2D eigenvalue weighted by atomic mass is 10.1. The Bertz CT molecular complexity index is 1050. The Balaban J connectivity index is 1.33. The van der Waals surface area contributed by atoms with Crippen LogP contribution in [0.25, 0.3) is 0 Å². The molecular weight excluding hydrogens is 394 g/mol. The highest BCUT2D eigenvalue weighted by molar-refractivity contribution is 5.94. The molecule has 1 aromatic heterocycles. The van der Waals surface area contributed by atoms with Crippen molar-refractivity contribution >= 4 is 11.8 Å². The first kappa shape index (κ1) is 19.7. The maximum absolute atomic E-state index is 13.0. The number of halogens is 2. The van der Waals surface area contributed by atoms with E-state index in [1.54, 1.807) is 17.0 Å². The molecule has 154 valence electrons. The van der Waals surface area contributed by atoms with Crippen LogP contribution in [-0.2, 0) is 17.9 Å². The quantitative estimate of drug-likeness (QED) is 0.673. The highest BCUT2D eigenvalue weighted by atomic mass is 19.1. The Kier molecular flexibility index (Phi) is 5.51. The van der Waals surface area contributed by atoms with Crippen molar-refractivity contribution in [1.29, 1.82) is 0 Å². The average molecular weight is 412 g/mol. The van der Waals surface area contributed by atoms with Crippen molar-refractivity contribution in [2.45, 2.75) is 25.4 Å². The number of carbonyl (C=O) groups is 2. The summed E-state index contributed by atoms with van der Waals surface area (Å²) in [6.45, 7) is 0.828. The molecule has 0 radical (unpaired) electrons. The van der Waals surface area contributed by atoms with Gasteiger partial charge in [0.1, 0.15) is 11.6 Å². The molecule has 7 nitrogen and oxygen atoms in total. The lowest BCUT2D eigenvalue weighted by Crippen LogP contribution is -2.24. The van der Waals surface area contributed by atoms with E-state index >= 15 is 0 Å². The van der Waals surface area contributed by atoms with Gasteiger partial charge >= 0.3 is 0 Å². The third-order valence-electron chi connectivity index (χ3n) is 4.86. The second kappa shape index (κ2) is 8.40. The number of aromatic nitrogens is 2. The molecule has 4 rings (SSSR count). The Morgan fingerprint density at radius 1 is 1.10 bits per heavy atom. The fourth-order valence-electron chi connectivity index (χ4n) is 3.27. The number of carbonyl (C=O) groups excluding carboxylic acids is 2. The van der Waals surface area contributed by atoms with Crippen LogP contribution in [0, 0.1) is 11.6 Å². The number of hydrogen-bond acceptors (Lipinski definition) is 5. The number of nitrogens with one attached hydrogen (secondary N) is 1. The minimum atomic E-state index is -0.423. The van der Waals surface area contributed by atoms with E-state index in [0.717, 1.165) is 5.56 Å². The van der Waals surface area contributed by atoms with Crippen LogP contribution in [0.4, 0.5) is 8.78 Å². The van der Waals surface area contributed by atoms with E-state index in [0.29, 0.717) is 24.5 Å². The van der Waals surface area contributed by atoms with Crippen molar-refractivity contribution in [3.63, 3.8) is 0 Å². The monoisotopic (exact) mass is 412 g/mol. The van der Waals surface area contributed by atoms with Crippen LogP contribution in [0.2, 0.25) is 0 Å². The number of nitrogens with zero attached hydrogens (tertiary/aromatic N) is 3. The molecule has 0 spiro atoms. The molecule has 1 atom stereocenters. The van der Waals surface area contributed by atoms with Crippen LogP contribution in [-0.4, -0.2) is 33.4 Å². The van der Waals surface area contributed by atoms with E-state index in [1.807, 2.05) is 0 Å². The Hall–Kier alpha value is -3.62. The van der Waals surface area contributed by atoms with Crippen molar-refractivity contribution in [1.82, 2.24) is 20.4 Å². The van der Waals surface area contributed by atoms with E-state index in [9.17, 15) is 18.4 Å². The van der Waals surface area contributed by atoms with E-state index in [4.69, 9.17) is 4.52 Å². The zero-order valence-electron chi connectivity index (χ0n) is 15.8. The van der Waals surface area contributed by atoms with Crippen LogP contribution < -0.4 is 5.32 Å². The molecule has 9 heteroatoms. The number of amides is 2. The molecule has 1 aliphatic heterocycles. The molecule has 1 N–H and O–H groups in total. The molecule has 1 fully saturated rings. The Labute approximate surface area is 170 Å². The van der Waals surface area contributed by atoms with Crippen LogP contribution in [0.3, 0.4) is 0 Å². The van der Waals surface area contributed by atoms with Gasteiger partial charge in [-0.25, -0.2) is 8.78 Å². The third-order valence-corrected chi connectivity index (χ3v) is 4.86. The van der Waals surface area contributed by atoms with Crippen LogP contribution in [0.15, 0.2) is 53.1 Å². The van der Waals surface area contributed by atoms with E-state index in [1.165, 1.54) is 36.4 Å². The van der Waals surface area contributed by atoms with Crippen LogP contribution >= 0.6 is 0 Å². The van der Waals surface area contributed by atoms with Gasteiger partial charge in [0.15, 0.2) is 5.82 Å². The second-order valence-corrected chi connectivity index (χ2v) is 7.04. The normalized spacial score (nSPS) is 16.1. The zero-order valence-corrected chi connectivity index (χ0v) is 15.8. The molecule has 2 heterocycles. The van der Waals surface area contributed by atoms with Gasteiger partial charge in [0.05, 0.1) is 6.54 Å². The number of hydrogen-bond donors (Lipinski definition) is 1. The molecule has 30 heavy (non-hydrogen) atoms. The van der Waals surface area contributed by atoms with Gasteiger partial charge in [0.2, 0.25) is 11.8 Å². The summed E-state index contributed by atoms with van der Waals surface area (Å²) in [6, 6.07) is 11.2. The van der Waals surface area contributed by atoms with E-state index in [2.05, 4.69) is 15.5 Å². The van der Waals surface area contributed by atoms with Crippen LogP contribution in [0.5, 0.6) is 0 Å². The standard InChI is InChI=1S/C21H18F2N4O3/c22-16-5-1-13(2-6-16)11-27-12-15(9-19(27)28)20-25-18(30-26-20)10-24-21(29)14-3-7-17(23)8-4-14/h1-8,15H,9-12H2,(H,24,29)/t15-/m0/s1. The summed E-state index contributed by atoms with van der Waals surface area (Å²) in [7, 11) is 0. The molecule has 0 aliphatic carbocycles. The molecule has 0 saturated carbocycles. The summed E-state index contributed by atoms with van der Waals surface area (Å²) in [5, 5.41) is 6.56. The molecule has 3 aromatic rings. The SMILES string of the molecule is O=C(NCc1nc([C@H]2CC(=O)N(Cc3ccc(F)cc3)C2)no1)c1ccc(F)cc1. The zero-order chi connectivity index (χ0) is 21.1. The minimum absolute atomic E-state index is 0.0170. The number of likely N-dealkylation sites (tertiary alicyclic amines) is 1. The molecule has 1 saturated heterocycles. The molecule has 2 aromatic carbocycles. The van der Waals surface area contributed by atoms with Gasteiger partial charge in [0, 0.05) is 31.0 Å². The summed E-state index contributed by atoms with van der Waals surface area (Å²) in [4.78, 5) is 30.3. The van der Waals surface area contributed by atoms with Gasteiger partial charge in [-0.05, 0) is 42.0 Å². The summed E-state index contributed by atoms with van der Waals surface area (Å²) in [5.74, 6) is -0.788. The van der Waals surface area contributed by atoms with Gasteiger partial charge in [0.25, 0.3) is 5.91 Å². The second-order valence-electron chi connectivity index (χ2n) is 7.04. The van der Waals surface area contributed by atoms with E-state index in [-0.39, 0.29) is 36.5 Å². The molecule has 1 aliphatic rings. The molecular formula is C21H18F2N4O3. The van der Waals surface area contributed by atoms with Crippen molar-refractivity contribution in [2.75, 3.05) is 6.54 Å². The molecule has 0 bridgehead atoms. The highest BCUT2D eigenvalue weighted by Gasteiger charge is 2.33. The Morgan fingerprint density at radius 2 is 1.77 bits per heavy atom. The predicted octanol–water partition coefficient (Wildman–Crippen LogP) is 2.79. The summed E-state index contributed by atoms with van der Waals surface area (Å²) >= 11 is 0. The minimum Gasteiger partial charge on any atom is -0.343 e. The van der Waals surface area contributed by atoms with Gasteiger partial charge in [-0.2, -0.15) is 4.98 Å². The average Bonchev–Trinajstić information content (AvgIpc) is 3.35. The highest BCUT2D eigenvalue weighted by Crippen LogP contribution is 2.27. The fourth-order valence-corrected chi connectivity index (χ4v) is 3.27. The first-order valence-electron chi connectivity index (χ1n) is 9.36. The first-order chi connectivity index (χ1) is 14.5. The topological polar surface area (TPSA) is 88.3 Å². The largest absolute Gasteiger partial charge is 0.343 e. The van der Waals surface area contributed by atoms with Crippen molar-refractivity contribution in [3.05, 3.63) is 83.0 Å². The van der Waals surface area contributed by atoms with Gasteiger partial charge in [-0.1, -0.05) is 17.3 Å². The van der Waals surface area contributed by atoms with Crippen molar-refractivity contribution < 1.29 is 22.9 Å². The third kappa shape index (κ3) is 4.51. The maximum Gasteiger partial charge on any atom is 0.251 e. The van der Waals surface area contributed by atoms with Crippen molar-refractivity contribution in [2.24, 2.45) is 0 Å². The fraction of sp³-hybridized carbons (Fsp3) is 0.238. The molecule has 0 unspecified atom stereocenters. The number of benzene rings is 2. The summed E-state index contributed by atoms with van der Waals surface area (Å²) < 4.78 is 31.2. The van der Waals surface area contributed by atoms with Crippen LogP contribution in [0.1, 0.15) is 40.0 Å². The number of rotatable bonds is 6. The maximum atomic E-state index is 13.0. The first-order valence-corrected chi connectivity index (χ1v) is 9.36. The van der Waals surface area contributed by atoms with Crippen molar-refractivity contribution in [3.8, 4) is 0 Å². The summed E-state index contributed by atoms with van der Waals surface area (Å²) in [5.41, 5.74) is 1.15. The van der Waals surface area contributed by atoms with Gasteiger partial charge in [-0.15, -0.1) is 0 Å². The molecule has 2 amide bonds. The lowest BCUT2D eigenvalue weighted by Gasteiger charge is -2.16. The smallest absolute Gasteiger partial charge is 0.251 e. The Morgan fingerprint density at radius 3 is 2.47 bits per heavy atom. The van der Waals surface area contributed by atoms with Gasteiger partial charge in [-0.3, -0.25) is 9.59 Å².